The molecule has 0 N–H and O–H groups in total. The molecule has 0 bridgehead atoms. The predicted molar refractivity (Wildman–Crippen MR) is 280 cm³/mol. The third-order valence-corrected chi connectivity index (χ3v) is 14.1. The van der Waals surface area contributed by atoms with Gasteiger partial charge in [0.25, 0.3) is 11.8 Å². The molecule has 0 aliphatic carbocycles. The van der Waals surface area contributed by atoms with Gasteiger partial charge in [0.15, 0.2) is 11.5 Å². The number of anilines is 3. The molecule has 14 heteroatoms. The van der Waals surface area contributed by atoms with Crippen molar-refractivity contribution in [3.8, 4) is 17.2 Å². The van der Waals surface area contributed by atoms with Gasteiger partial charge in [-0.05, 0) is 96.3 Å². The molecule has 9 rings (SSSR count). The van der Waals surface area contributed by atoms with E-state index in [0.717, 1.165) is 57.8 Å². The Bertz CT molecular complexity index is 2790. The largest absolute Gasteiger partial charge is 0.493 e. The third kappa shape index (κ3) is 10.8. The van der Waals surface area contributed by atoms with Crippen molar-refractivity contribution in [3.05, 3.63) is 130 Å². The quantitative estimate of drug-likeness (QED) is 0.0657. The van der Waals surface area contributed by atoms with Crippen LogP contribution in [0.5, 0.6) is 17.2 Å². The SMILES string of the molecule is COCCOCCOCCN(CC(C)(C)SC(C)C)c1cc(COc2cc3c(cc2C)C(=O)N2c4ccccc4CC2C=N3)cc(COc2cc3c(cc2OC)C(=O)N2c4ccccc4CC2C=N3)c1. The van der Waals surface area contributed by atoms with E-state index in [9.17, 15) is 9.59 Å². The van der Waals surface area contributed by atoms with E-state index in [1.165, 1.54) is 0 Å². The average Bonchev–Trinajstić information content (AvgIpc) is 3.84. The first kappa shape index (κ1) is 48.8. The van der Waals surface area contributed by atoms with E-state index in [1.54, 1.807) is 26.4 Å². The number of carbonyl (C=O) groups excluding carboxylic acids is 2. The van der Waals surface area contributed by atoms with Crippen LogP contribution in [0.4, 0.5) is 28.4 Å². The Morgan fingerprint density at radius 3 is 1.81 bits per heavy atom. The molecule has 2 amide bonds. The van der Waals surface area contributed by atoms with Crippen molar-refractivity contribution in [3.63, 3.8) is 0 Å². The average molecular weight is 966 g/mol. The molecule has 0 spiro atoms. The number of thioether (sulfide) groups is 1. The molecule has 4 heterocycles. The lowest BCUT2D eigenvalue weighted by Gasteiger charge is -2.35. The second-order valence-electron chi connectivity index (χ2n) is 19.0. The van der Waals surface area contributed by atoms with Crippen LogP contribution in [0.25, 0.3) is 0 Å². The topological polar surface area (TPSA) is 124 Å². The molecule has 0 aromatic heterocycles. The zero-order chi connectivity index (χ0) is 48.9. The highest BCUT2D eigenvalue weighted by Crippen LogP contribution is 2.42. The highest BCUT2D eigenvalue weighted by Gasteiger charge is 2.38. The number of nitrogens with zero attached hydrogens (tertiary/aromatic N) is 5. The number of methoxy groups -OCH3 is 2. The Morgan fingerprint density at radius 2 is 1.23 bits per heavy atom. The van der Waals surface area contributed by atoms with Crippen LogP contribution in [-0.4, -0.2) is 107 Å². The van der Waals surface area contributed by atoms with Crippen LogP contribution in [0.15, 0.2) is 101 Å². The fourth-order valence-corrected chi connectivity index (χ4v) is 11.4. The second kappa shape index (κ2) is 21.4. The van der Waals surface area contributed by atoms with Gasteiger partial charge in [0.05, 0.1) is 74.7 Å². The molecule has 5 aromatic rings. The molecule has 2 unspecified atom stereocenters. The van der Waals surface area contributed by atoms with Crippen molar-refractivity contribution in [2.45, 2.75) is 82.8 Å². The lowest BCUT2D eigenvalue weighted by molar-refractivity contribution is 0.0264. The Morgan fingerprint density at radius 1 is 0.686 bits per heavy atom. The minimum atomic E-state index is -0.178. The van der Waals surface area contributed by atoms with Gasteiger partial charge >= 0.3 is 0 Å². The van der Waals surface area contributed by atoms with Crippen molar-refractivity contribution in [2.24, 2.45) is 9.98 Å². The van der Waals surface area contributed by atoms with E-state index in [0.29, 0.717) is 91.0 Å². The Labute approximate surface area is 415 Å². The van der Waals surface area contributed by atoms with Gasteiger partial charge in [-0.25, -0.2) is 0 Å². The molecule has 4 aliphatic rings. The third-order valence-electron chi connectivity index (χ3n) is 12.9. The lowest BCUT2D eigenvalue weighted by Crippen LogP contribution is -2.39. The van der Waals surface area contributed by atoms with E-state index >= 15 is 0 Å². The fourth-order valence-electron chi connectivity index (χ4n) is 9.88. The minimum absolute atomic E-state index is 0.0636. The van der Waals surface area contributed by atoms with Crippen LogP contribution in [0.1, 0.15) is 76.2 Å². The maximum Gasteiger partial charge on any atom is 0.261 e. The van der Waals surface area contributed by atoms with Crippen molar-refractivity contribution >= 4 is 64.4 Å². The van der Waals surface area contributed by atoms with Gasteiger partial charge in [0.1, 0.15) is 19.0 Å². The highest BCUT2D eigenvalue weighted by atomic mass is 32.2. The van der Waals surface area contributed by atoms with Gasteiger partial charge in [0.2, 0.25) is 0 Å². The standard InChI is InChI=1S/C56H63N5O8S/c1-36(2)70-56(4,5)35-59(16-17-66-20-21-67-19-18-64-6)42-24-38(33-68-51-29-47-45(22-37(51)3)54(62)60-43(31-57-47)26-40-12-8-10-14-49(40)60)23-39(25-42)34-69-53-30-48-46(28-52(53)65-7)55(63)61-44(32-58-48)27-41-13-9-11-15-50(41)61/h8-15,22-25,28-32,36,43-44H,16-21,26-27,33-35H2,1-7H3. The van der Waals surface area contributed by atoms with Crippen molar-refractivity contribution < 1.29 is 38.0 Å². The molecular weight excluding hydrogens is 903 g/mol. The second-order valence-corrected chi connectivity index (χ2v) is 21.3. The fraction of sp³-hybridized carbons (Fsp3) is 0.393. The first-order valence-corrected chi connectivity index (χ1v) is 25.0. The first-order chi connectivity index (χ1) is 33.9. The Hall–Kier alpha value is -6.19. The summed E-state index contributed by atoms with van der Waals surface area (Å²) in [6.07, 6.45) is 5.18. The number of fused-ring (bicyclic) bond motifs is 8. The molecule has 5 aromatic carbocycles. The number of benzene rings is 5. The number of carbonyl (C=O) groups is 2. The number of hydrogen-bond donors (Lipinski definition) is 0. The van der Waals surface area contributed by atoms with E-state index in [4.69, 9.17) is 38.4 Å². The number of rotatable bonds is 21. The summed E-state index contributed by atoms with van der Waals surface area (Å²) in [5, 5.41) is 0.431. The van der Waals surface area contributed by atoms with E-state index in [2.05, 4.69) is 62.9 Å². The summed E-state index contributed by atoms with van der Waals surface area (Å²) < 4.78 is 36.0. The minimum Gasteiger partial charge on any atom is -0.493 e. The summed E-state index contributed by atoms with van der Waals surface area (Å²) in [6, 6.07) is 29.5. The van der Waals surface area contributed by atoms with Gasteiger partial charge in [-0.15, -0.1) is 0 Å². The van der Waals surface area contributed by atoms with Gasteiger partial charge in [-0.3, -0.25) is 29.4 Å². The van der Waals surface area contributed by atoms with Crippen LogP contribution in [0.2, 0.25) is 0 Å². The summed E-state index contributed by atoms with van der Waals surface area (Å²) in [5.74, 6) is 1.38. The number of para-hydroxylation sites is 2. The van der Waals surface area contributed by atoms with Crippen LogP contribution in [-0.2, 0) is 40.3 Å². The van der Waals surface area contributed by atoms with E-state index in [1.807, 2.05) is 89.4 Å². The molecule has 2 atom stereocenters. The predicted octanol–water partition coefficient (Wildman–Crippen LogP) is 10.1. The normalized spacial score (nSPS) is 16.6. The zero-order valence-electron chi connectivity index (χ0n) is 41.2. The van der Waals surface area contributed by atoms with Crippen LogP contribution >= 0.6 is 11.8 Å². The van der Waals surface area contributed by atoms with Crippen molar-refractivity contribution in [2.75, 3.05) is 75.0 Å². The van der Waals surface area contributed by atoms with E-state index in [-0.39, 0.29) is 41.9 Å². The molecule has 0 radical (unpaired) electrons. The zero-order valence-corrected chi connectivity index (χ0v) is 42.1. The summed E-state index contributed by atoms with van der Waals surface area (Å²) in [7, 11) is 3.24. The summed E-state index contributed by atoms with van der Waals surface area (Å²) in [5.41, 5.74) is 9.91. The molecule has 0 fully saturated rings. The molecule has 70 heavy (non-hydrogen) atoms. The molecule has 0 saturated heterocycles. The summed E-state index contributed by atoms with van der Waals surface area (Å²) in [6.45, 7) is 15.3. The maximum atomic E-state index is 14.2. The first-order valence-electron chi connectivity index (χ1n) is 24.1. The number of amides is 2. The molecular formula is C56H63N5O8S. The van der Waals surface area contributed by atoms with Gasteiger partial charge < -0.3 is 33.3 Å². The van der Waals surface area contributed by atoms with Gasteiger partial charge in [-0.1, -0.05) is 50.2 Å². The van der Waals surface area contributed by atoms with Crippen molar-refractivity contribution in [1.29, 1.82) is 0 Å². The van der Waals surface area contributed by atoms with Gasteiger partial charge in [-0.2, -0.15) is 11.8 Å². The summed E-state index contributed by atoms with van der Waals surface area (Å²) >= 11 is 1.94. The number of aryl methyl sites for hydroxylation is 1. The number of aliphatic imine (C=N–C) groups is 2. The molecule has 4 aliphatic heterocycles. The number of ether oxygens (including phenoxy) is 6. The lowest BCUT2D eigenvalue weighted by atomic mass is 10.1. The Balaban J connectivity index is 0.999. The van der Waals surface area contributed by atoms with Crippen LogP contribution < -0.4 is 28.9 Å². The summed E-state index contributed by atoms with van der Waals surface area (Å²) in [4.78, 5) is 44.0. The monoisotopic (exact) mass is 965 g/mol. The number of hydrogen-bond acceptors (Lipinski definition) is 12. The van der Waals surface area contributed by atoms with Crippen molar-refractivity contribution in [1.82, 2.24) is 0 Å². The highest BCUT2D eigenvalue weighted by molar-refractivity contribution is 8.01. The smallest absolute Gasteiger partial charge is 0.261 e. The maximum absolute atomic E-state index is 14.2. The molecule has 366 valence electrons. The Kier molecular flexibility index (Phi) is 14.9. The van der Waals surface area contributed by atoms with E-state index < -0.39 is 0 Å². The molecule has 13 nitrogen and oxygen atoms in total. The van der Waals surface area contributed by atoms with Crippen LogP contribution in [0.3, 0.4) is 0 Å². The van der Waals surface area contributed by atoms with Crippen LogP contribution in [0, 0.1) is 6.92 Å². The van der Waals surface area contributed by atoms with Gasteiger partial charge in [0, 0.05) is 79.4 Å². The molecule has 0 saturated carbocycles.